The Morgan fingerprint density at radius 2 is 1.66 bits per heavy atom. The minimum absolute atomic E-state index is 0.147. The summed E-state index contributed by atoms with van der Waals surface area (Å²) in [6.07, 6.45) is -0.147. The fourth-order valence-corrected chi connectivity index (χ4v) is 3.36. The molecule has 1 aromatic heterocycles. The lowest BCUT2D eigenvalue weighted by molar-refractivity contribution is -0.116. The Morgan fingerprint density at radius 3 is 2.25 bits per heavy atom. The lowest BCUT2D eigenvalue weighted by atomic mass is 10.0. The molecule has 166 valence electrons. The van der Waals surface area contributed by atoms with E-state index in [1.165, 1.54) is 6.92 Å². The summed E-state index contributed by atoms with van der Waals surface area (Å²) >= 11 is 0. The summed E-state index contributed by atoms with van der Waals surface area (Å²) in [6.45, 7) is 11.1. The van der Waals surface area contributed by atoms with E-state index in [1.807, 2.05) is 19.9 Å². The molecule has 0 fully saturated rings. The second kappa shape index (κ2) is 9.51. The smallest absolute Gasteiger partial charge is 0.340 e. The lowest BCUT2D eigenvalue weighted by Gasteiger charge is -2.14. The number of carbonyl (C=O) groups excluding carboxylic acids is 2. The summed E-state index contributed by atoms with van der Waals surface area (Å²) in [6, 6.07) is 10.4. The number of ether oxygens (including phenoxy) is 1. The molecule has 2 aromatic carbocycles. The van der Waals surface area contributed by atoms with E-state index in [4.69, 9.17) is 9.15 Å². The minimum Gasteiger partial charge on any atom is -0.488 e. The molecule has 2 N–H and O–H groups in total. The fourth-order valence-electron chi connectivity index (χ4n) is 3.36. The van der Waals surface area contributed by atoms with Crippen molar-refractivity contribution in [2.75, 3.05) is 17.2 Å². The van der Waals surface area contributed by atoms with E-state index < -0.39 is 5.63 Å². The van der Waals surface area contributed by atoms with Crippen LogP contribution < -0.4 is 21.0 Å². The van der Waals surface area contributed by atoms with Gasteiger partial charge in [0.25, 0.3) is 0 Å². The molecular weight excluding hydrogens is 408 g/mol. The molecule has 0 aliphatic carbocycles. The minimum atomic E-state index is -0.553. The molecule has 0 spiro atoms. The second-order valence-corrected chi connectivity index (χ2v) is 7.86. The summed E-state index contributed by atoms with van der Waals surface area (Å²) in [4.78, 5) is 36.4. The van der Waals surface area contributed by atoms with Gasteiger partial charge in [-0.05, 0) is 73.9 Å². The SMILES string of the molecule is C=C(C)COc1cc(C)cc2oc(=O)c(CC(=O)Nc3ccc(NC(C)=O)cc3)c(C)c12. The highest BCUT2D eigenvalue weighted by atomic mass is 16.5. The maximum absolute atomic E-state index is 12.6. The quantitative estimate of drug-likeness (QED) is 0.421. The largest absolute Gasteiger partial charge is 0.488 e. The molecule has 3 aromatic rings. The van der Waals surface area contributed by atoms with Crippen LogP contribution >= 0.6 is 0 Å². The number of nitrogens with one attached hydrogen (secondary N) is 2. The molecule has 0 unspecified atom stereocenters. The summed E-state index contributed by atoms with van der Waals surface area (Å²) in [5.41, 5.74) is 3.71. The van der Waals surface area contributed by atoms with Crippen LogP contribution in [0.5, 0.6) is 5.75 Å². The van der Waals surface area contributed by atoms with Gasteiger partial charge in [0, 0.05) is 18.3 Å². The van der Waals surface area contributed by atoms with Crippen LogP contribution in [-0.4, -0.2) is 18.4 Å². The summed E-state index contributed by atoms with van der Waals surface area (Å²) in [7, 11) is 0. The number of benzene rings is 2. The number of hydrogen-bond acceptors (Lipinski definition) is 5. The number of aryl methyl sites for hydroxylation is 2. The Kier molecular flexibility index (Phi) is 6.78. The van der Waals surface area contributed by atoms with Gasteiger partial charge in [-0.25, -0.2) is 4.79 Å². The molecule has 7 heteroatoms. The molecule has 1 heterocycles. The number of carbonyl (C=O) groups is 2. The Bertz CT molecular complexity index is 1260. The van der Waals surface area contributed by atoms with Crippen molar-refractivity contribution in [1.82, 2.24) is 0 Å². The average Bonchev–Trinajstić information content (AvgIpc) is 2.70. The first kappa shape index (κ1) is 22.8. The standard InChI is InChI=1S/C25H26N2O5/c1-14(2)13-31-21-10-15(3)11-22-24(21)16(4)20(25(30)32-22)12-23(29)27-19-8-6-18(7-9-19)26-17(5)28/h6-11H,1,12-13H2,2-5H3,(H,26,28)(H,27,29). The van der Waals surface area contributed by atoms with Crippen molar-refractivity contribution in [3.63, 3.8) is 0 Å². The van der Waals surface area contributed by atoms with Crippen LogP contribution in [0.15, 0.2) is 57.8 Å². The first-order chi connectivity index (χ1) is 15.1. The molecule has 2 amide bonds. The molecule has 0 saturated carbocycles. The fraction of sp³-hybridized carbons (Fsp3) is 0.240. The first-order valence-electron chi connectivity index (χ1n) is 10.2. The highest BCUT2D eigenvalue weighted by molar-refractivity contribution is 5.95. The average molecular weight is 434 g/mol. The number of amides is 2. The molecule has 0 saturated heterocycles. The van der Waals surface area contributed by atoms with Crippen molar-refractivity contribution in [2.24, 2.45) is 0 Å². The zero-order valence-corrected chi connectivity index (χ0v) is 18.6. The van der Waals surface area contributed by atoms with E-state index in [2.05, 4.69) is 17.2 Å². The summed E-state index contributed by atoms with van der Waals surface area (Å²) in [5.74, 6) is 0.0464. The van der Waals surface area contributed by atoms with E-state index in [-0.39, 0.29) is 23.8 Å². The first-order valence-corrected chi connectivity index (χ1v) is 10.2. The highest BCUT2D eigenvalue weighted by Gasteiger charge is 2.18. The van der Waals surface area contributed by atoms with E-state index >= 15 is 0 Å². The number of rotatable bonds is 7. The Balaban J connectivity index is 1.88. The zero-order valence-electron chi connectivity index (χ0n) is 18.6. The summed E-state index contributed by atoms with van der Waals surface area (Å²) < 4.78 is 11.4. The summed E-state index contributed by atoms with van der Waals surface area (Å²) in [5, 5.41) is 6.09. The second-order valence-electron chi connectivity index (χ2n) is 7.86. The van der Waals surface area contributed by atoms with Crippen molar-refractivity contribution in [1.29, 1.82) is 0 Å². The molecular formula is C25H26N2O5. The van der Waals surface area contributed by atoms with Crippen molar-refractivity contribution < 1.29 is 18.7 Å². The van der Waals surface area contributed by atoms with Gasteiger partial charge in [0.15, 0.2) is 0 Å². The Hall–Kier alpha value is -3.87. The molecule has 0 bridgehead atoms. The van der Waals surface area contributed by atoms with E-state index in [0.717, 1.165) is 11.1 Å². The third-order valence-electron chi connectivity index (χ3n) is 4.79. The van der Waals surface area contributed by atoms with Crippen LogP contribution in [0.3, 0.4) is 0 Å². The predicted octanol–water partition coefficient (Wildman–Crippen LogP) is 4.50. The van der Waals surface area contributed by atoms with Gasteiger partial charge in [0.1, 0.15) is 17.9 Å². The predicted molar refractivity (Wildman–Crippen MR) is 125 cm³/mol. The van der Waals surface area contributed by atoms with Gasteiger partial charge in [-0.15, -0.1) is 0 Å². The van der Waals surface area contributed by atoms with Crippen LogP contribution in [0.2, 0.25) is 0 Å². The van der Waals surface area contributed by atoms with Crippen LogP contribution in [-0.2, 0) is 16.0 Å². The van der Waals surface area contributed by atoms with E-state index in [1.54, 1.807) is 37.3 Å². The molecule has 0 aliphatic heterocycles. The topological polar surface area (TPSA) is 97.6 Å². The molecule has 0 aliphatic rings. The van der Waals surface area contributed by atoms with Gasteiger partial charge in [-0.3, -0.25) is 9.59 Å². The molecule has 0 radical (unpaired) electrons. The molecule has 32 heavy (non-hydrogen) atoms. The lowest BCUT2D eigenvalue weighted by Crippen LogP contribution is -2.21. The maximum Gasteiger partial charge on any atom is 0.340 e. The monoisotopic (exact) mass is 434 g/mol. The van der Waals surface area contributed by atoms with Gasteiger partial charge >= 0.3 is 5.63 Å². The van der Waals surface area contributed by atoms with Gasteiger partial charge in [-0.2, -0.15) is 0 Å². The Labute approximate surface area is 186 Å². The van der Waals surface area contributed by atoms with Crippen LogP contribution in [0.1, 0.15) is 30.5 Å². The number of hydrogen-bond donors (Lipinski definition) is 2. The maximum atomic E-state index is 12.6. The van der Waals surface area contributed by atoms with Crippen molar-refractivity contribution >= 4 is 34.2 Å². The Morgan fingerprint density at radius 1 is 1.03 bits per heavy atom. The molecule has 0 atom stereocenters. The van der Waals surface area contributed by atoms with Crippen molar-refractivity contribution in [3.05, 3.63) is 75.7 Å². The zero-order chi connectivity index (χ0) is 23.4. The number of fused-ring (bicyclic) bond motifs is 1. The van der Waals surface area contributed by atoms with Crippen molar-refractivity contribution in [3.8, 4) is 5.75 Å². The van der Waals surface area contributed by atoms with Crippen LogP contribution in [0.25, 0.3) is 11.0 Å². The van der Waals surface area contributed by atoms with E-state index in [0.29, 0.717) is 40.3 Å². The van der Waals surface area contributed by atoms with Crippen LogP contribution in [0.4, 0.5) is 11.4 Å². The highest BCUT2D eigenvalue weighted by Crippen LogP contribution is 2.31. The third kappa shape index (κ3) is 5.43. The molecule has 7 nitrogen and oxygen atoms in total. The van der Waals surface area contributed by atoms with E-state index in [9.17, 15) is 14.4 Å². The number of anilines is 2. The van der Waals surface area contributed by atoms with Crippen LogP contribution in [0, 0.1) is 13.8 Å². The van der Waals surface area contributed by atoms with Gasteiger partial charge < -0.3 is 19.8 Å². The third-order valence-corrected chi connectivity index (χ3v) is 4.79. The van der Waals surface area contributed by atoms with Gasteiger partial charge in [-0.1, -0.05) is 6.58 Å². The van der Waals surface area contributed by atoms with Gasteiger partial charge in [0.05, 0.1) is 17.4 Å². The normalized spacial score (nSPS) is 10.6. The molecule has 3 rings (SSSR count). The van der Waals surface area contributed by atoms with Gasteiger partial charge in [0.2, 0.25) is 11.8 Å². The van der Waals surface area contributed by atoms with Crippen molar-refractivity contribution in [2.45, 2.75) is 34.1 Å².